The van der Waals surface area contributed by atoms with Gasteiger partial charge >= 0.3 is 6.03 Å². The third-order valence-electron chi connectivity index (χ3n) is 5.95. The van der Waals surface area contributed by atoms with Crippen LogP contribution in [0.3, 0.4) is 0 Å². The fourth-order valence-corrected chi connectivity index (χ4v) is 4.14. The van der Waals surface area contributed by atoms with E-state index in [1.807, 2.05) is 66.9 Å². The van der Waals surface area contributed by atoms with Crippen LogP contribution >= 0.6 is 0 Å². The molecule has 3 amide bonds. The summed E-state index contributed by atoms with van der Waals surface area (Å²) in [4.78, 5) is 27.7. The van der Waals surface area contributed by atoms with Gasteiger partial charge in [0.2, 0.25) is 5.91 Å². The second-order valence-electron chi connectivity index (χ2n) is 8.20. The molecule has 0 spiro atoms. The molecule has 8 heteroatoms. The number of para-hydroxylation sites is 2. The zero-order valence-corrected chi connectivity index (χ0v) is 18.6. The number of amides is 3. The molecule has 1 aliphatic rings. The Hall–Kier alpha value is -4.33. The van der Waals surface area contributed by atoms with Crippen molar-refractivity contribution in [1.29, 1.82) is 0 Å². The Labute approximate surface area is 196 Å². The number of nitrogens with zero attached hydrogens (tertiary/aromatic N) is 4. The number of hydrogen-bond acceptors (Lipinski definition) is 4. The van der Waals surface area contributed by atoms with Crippen LogP contribution in [0, 0.1) is 0 Å². The summed E-state index contributed by atoms with van der Waals surface area (Å²) in [6.45, 7) is 2.02. The van der Waals surface area contributed by atoms with E-state index >= 15 is 0 Å². The molecule has 8 nitrogen and oxygen atoms in total. The second kappa shape index (κ2) is 9.27. The summed E-state index contributed by atoms with van der Waals surface area (Å²) in [7, 11) is 0. The zero-order chi connectivity index (χ0) is 23.5. The fraction of sp³-hybridized carbons (Fsp3) is 0.192. The van der Waals surface area contributed by atoms with Gasteiger partial charge in [-0.2, -0.15) is 5.10 Å². The van der Waals surface area contributed by atoms with Gasteiger partial charge in [0.05, 0.1) is 5.69 Å². The van der Waals surface area contributed by atoms with Gasteiger partial charge in [-0.25, -0.2) is 9.48 Å². The summed E-state index contributed by atoms with van der Waals surface area (Å²) < 4.78 is 7.84. The average molecular weight is 456 g/mol. The van der Waals surface area contributed by atoms with E-state index in [2.05, 4.69) is 0 Å². The van der Waals surface area contributed by atoms with Gasteiger partial charge in [0.25, 0.3) is 0 Å². The van der Waals surface area contributed by atoms with Crippen LogP contribution in [0.15, 0.2) is 77.4 Å². The minimum absolute atomic E-state index is 0.116. The Morgan fingerprint density at radius 3 is 2.47 bits per heavy atom. The first-order valence-electron chi connectivity index (χ1n) is 11.2. The van der Waals surface area contributed by atoms with E-state index in [1.54, 1.807) is 26.6 Å². The van der Waals surface area contributed by atoms with Crippen molar-refractivity contribution in [1.82, 2.24) is 19.6 Å². The van der Waals surface area contributed by atoms with Crippen LogP contribution in [-0.4, -0.2) is 57.7 Å². The maximum atomic E-state index is 12.9. The third kappa shape index (κ3) is 4.43. The number of aromatic nitrogens is 2. The molecule has 0 aliphatic carbocycles. The summed E-state index contributed by atoms with van der Waals surface area (Å²) in [6, 6.07) is 19.1. The van der Waals surface area contributed by atoms with Crippen molar-refractivity contribution in [3.63, 3.8) is 0 Å². The Kier molecular flexibility index (Phi) is 5.86. The molecule has 0 atom stereocenters. The van der Waals surface area contributed by atoms with Crippen molar-refractivity contribution in [3.05, 3.63) is 78.5 Å². The molecule has 34 heavy (non-hydrogen) atoms. The molecular formula is C26H25N5O3. The average Bonchev–Trinajstić information content (AvgIpc) is 3.39. The monoisotopic (exact) mass is 455 g/mol. The Bertz CT molecular complexity index is 1320. The molecule has 0 radical (unpaired) electrons. The summed E-state index contributed by atoms with van der Waals surface area (Å²) >= 11 is 0. The molecule has 1 saturated heterocycles. The first kappa shape index (κ1) is 21.5. The quantitative estimate of drug-likeness (QED) is 0.472. The first-order chi connectivity index (χ1) is 16.6. The zero-order valence-electron chi connectivity index (χ0n) is 18.6. The summed E-state index contributed by atoms with van der Waals surface area (Å²) in [6.07, 6.45) is 5.91. The van der Waals surface area contributed by atoms with E-state index in [4.69, 9.17) is 15.2 Å². The molecule has 2 aromatic heterocycles. The van der Waals surface area contributed by atoms with Gasteiger partial charge in [-0.1, -0.05) is 36.4 Å². The normalized spacial score (nSPS) is 14.6. The highest BCUT2D eigenvalue weighted by molar-refractivity contribution is 5.93. The molecule has 3 heterocycles. The molecule has 0 bridgehead atoms. The number of urea groups is 1. The van der Waals surface area contributed by atoms with E-state index in [1.165, 1.54) is 0 Å². The number of carbonyl (C=O) groups excluding carboxylic acids is 2. The van der Waals surface area contributed by atoms with E-state index < -0.39 is 6.03 Å². The highest BCUT2D eigenvalue weighted by Gasteiger charge is 2.20. The Balaban J connectivity index is 1.45. The summed E-state index contributed by atoms with van der Waals surface area (Å²) in [5, 5.41) is 5.76. The molecule has 4 aromatic rings. The SMILES string of the molecule is NC(=O)N1CCCN(C(=O)C=Cc2cn(-c3ccccc3)nc2-c2cc3ccccc3o2)CC1. The van der Waals surface area contributed by atoms with Gasteiger partial charge in [0.15, 0.2) is 5.76 Å². The van der Waals surface area contributed by atoms with Crippen molar-refractivity contribution < 1.29 is 14.0 Å². The molecule has 0 unspecified atom stereocenters. The molecule has 172 valence electrons. The largest absolute Gasteiger partial charge is 0.454 e. The Morgan fingerprint density at radius 2 is 1.68 bits per heavy atom. The van der Waals surface area contributed by atoms with E-state index in [-0.39, 0.29) is 5.91 Å². The van der Waals surface area contributed by atoms with Crippen LogP contribution in [0.4, 0.5) is 4.79 Å². The fourth-order valence-electron chi connectivity index (χ4n) is 4.14. The van der Waals surface area contributed by atoms with Gasteiger partial charge in [0.1, 0.15) is 11.3 Å². The highest BCUT2D eigenvalue weighted by Crippen LogP contribution is 2.30. The minimum atomic E-state index is -0.450. The lowest BCUT2D eigenvalue weighted by Crippen LogP contribution is -2.39. The number of benzene rings is 2. The topological polar surface area (TPSA) is 97.6 Å². The summed E-state index contributed by atoms with van der Waals surface area (Å²) in [5.74, 6) is 0.518. The summed E-state index contributed by atoms with van der Waals surface area (Å²) in [5.41, 5.74) is 8.50. The van der Waals surface area contributed by atoms with Crippen molar-refractivity contribution in [3.8, 4) is 17.1 Å². The van der Waals surface area contributed by atoms with Crippen molar-refractivity contribution in [2.45, 2.75) is 6.42 Å². The highest BCUT2D eigenvalue weighted by atomic mass is 16.3. The number of rotatable bonds is 4. The smallest absolute Gasteiger partial charge is 0.314 e. The third-order valence-corrected chi connectivity index (χ3v) is 5.95. The van der Waals surface area contributed by atoms with E-state index in [0.717, 1.165) is 22.2 Å². The molecule has 0 saturated carbocycles. The maximum Gasteiger partial charge on any atom is 0.314 e. The van der Waals surface area contributed by atoms with Gasteiger partial charge in [-0.3, -0.25) is 4.79 Å². The van der Waals surface area contributed by atoms with Gasteiger partial charge in [-0.15, -0.1) is 0 Å². The lowest BCUT2D eigenvalue weighted by atomic mass is 10.1. The van der Waals surface area contributed by atoms with Crippen LogP contribution in [0.2, 0.25) is 0 Å². The second-order valence-corrected chi connectivity index (χ2v) is 8.20. The van der Waals surface area contributed by atoms with Crippen LogP contribution in [0.1, 0.15) is 12.0 Å². The van der Waals surface area contributed by atoms with Crippen molar-refractivity contribution in [2.75, 3.05) is 26.2 Å². The van der Waals surface area contributed by atoms with E-state index in [9.17, 15) is 9.59 Å². The van der Waals surface area contributed by atoms with Crippen LogP contribution in [0.5, 0.6) is 0 Å². The number of furan rings is 1. The molecule has 5 rings (SSSR count). The number of hydrogen-bond donors (Lipinski definition) is 1. The molecular weight excluding hydrogens is 430 g/mol. The molecule has 1 aliphatic heterocycles. The predicted molar refractivity (Wildman–Crippen MR) is 130 cm³/mol. The lowest BCUT2D eigenvalue weighted by Gasteiger charge is -2.19. The standard InChI is InChI=1S/C26H25N5O3/c27-26(33)30-14-6-13-29(15-16-30)24(32)12-11-20-18-31(21-8-2-1-3-9-21)28-25(20)23-17-19-7-4-5-10-22(19)34-23/h1-5,7-12,17-18H,6,13-16H2,(H2,27,33). The predicted octanol–water partition coefficient (Wildman–Crippen LogP) is 3.91. The van der Waals surface area contributed by atoms with Gasteiger partial charge in [0, 0.05) is 49.4 Å². The van der Waals surface area contributed by atoms with Crippen LogP contribution < -0.4 is 5.73 Å². The lowest BCUT2D eigenvalue weighted by molar-refractivity contribution is -0.125. The van der Waals surface area contributed by atoms with Crippen molar-refractivity contribution in [2.24, 2.45) is 5.73 Å². The van der Waals surface area contributed by atoms with Crippen LogP contribution in [-0.2, 0) is 4.79 Å². The van der Waals surface area contributed by atoms with Gasteiger partial charge in [-0.05, 0) is 36.8 Å². The van der Waals surface area contributed by atoms with E-state index in [0.29, 0.717) is 44.1 Å². The Morgan fingerprint density at radius 1 is 0.941 bits per heavy atom. The first-order valence-corrected chi connectivity index (χ1v) is 11.2. The van der Waals surface area contributed by atoms with Crippen LogP contribution in [0.25, 0.3) is 34.2 Å². The number of nitrogens with two attached hydrogens (primary N) is 1. The number of fused-ring (bicyclic) bond motifs is 1. The van der Waals surface area contributed by atoms with Gasteiger partial charge < -0.3 is 20.0 Å². The van der Waals surface area contributed by atoms with Crippen molar-refractivity contribution >= 4 is 29.0 Å². The minimum Gasteiger partial charge on any atom is -0.454 e. The molecule has 2 N–H and O–H groups in total. The maximum absolute atomic E-state index is 12.9. The molecule has 1 fully saturated rings. The number of carbonyl (C=O) groups is 2. The molecule has 2 aromatic carbocycles. The number of primary amides is 1.